The van der Waals surface area contributed by atoms with Crippen LogP contribution in [0.4, 0.5) is 0 Å². The molecule has 1 amide bonds. The Kier molecular flexibility index (Phi) is 7.94. The fraction of sp³-hybridized carbons (Fsp3) is 0.429. The first kappa shape index (κ1) is 22.1. The molecule has 0 fully saturated rings. The molecule has 0 radical (unpaired) electrons. The van der Waals surface area contributed by atoms with Crippen molar-refractivity contribution in [2.24, 2.45) is 5.10 Å². The summed E-state index contributed by atoms with van der Waals surface area (Å²) in [6, 6.07) is 6.91. The fourth-order valence-corrected chi connectivity index (χ4v) is 2.93. The highest BCUT2D eigenvalue weighted by Crippen LogP contribution is 2.18. The summed E-state index contributed by atoms with van der Waals surface area (Å²) in [4.78, 5) is 38.8. The number of unbranched alkanes of at least 4 members (excludes halogenated alkanes) is 3. The minimum atomic E-state index is -0.756. The van der Waals surface area contributed by atoms with Crippen LogP contribution in [0.15, 0.2) is 39.0 Å². The summed E-state index contributed by atoms with van der Waals surface area (Å²) in [5.74, 6) is -0.768. The van der Waals surface area contributed by atoms with Gasteiger partial charge in [0.1, 0.15) is 5.56 Å². The second kappa shape index (κ2) is 10.4. The number of nitrogens with zero attached hydrogens (tertiary/aromatic N) is 2. The van der Waals surface area contributed by atoms with E-state index < -0.39 is 17.1 Å². The summed E-state index contributed by atoms with van der Waals surface area (Å²) < 4.78 is 1.01. The van der Waals surface area contributed by atoms with Crippen LogP contribution >= 0.6 is 0 Å². The van der Waals surface area contributed by atoms with Gasteiger partial charge in [-0.05, 0) is 31.9 Å². The maximum absolute atomic E-state index is 12.4. The predicted molar refractivity (Wildman–Crippen MR) is 113 cm³/mol. The standard InChI is InChI=1S/C21H28N4O4/c1-4-6-7-8-9-17(26)24-23-16(5-2)18-19(27)22-21(29)25(20(18)28)15-12-10-14(3)11-13-15/h10-13,28H,4-9H2,1-3H3,(H,24,26)(H,22,27,29)/b23-16+. The maximum atomic E-state index is 12.4. The average Bonchev–Trinajstić information content (AvgIpc) is 2.69. The molecule has 0 spiro atoms. The van der Waals surface area contributed by atoms with Crippen LogP contribution in [0.1, 0.15) is 63.5 Å². The molecule has 0 aliphatic carbocycles. The lowest BCUT2D eigenvalue weighted by Gasteiger charge is -2.12. The molecule has 2 rings (SSSR count). The Morgan fingerprint density at radius 1 is 1.14 bits per heavy atom. The number of aryl methyl sites for hydroxylation is 1. The fourth-order valence-electron chi connectivity index (χ4n) is 2.93. The van der Waals surface area contributed by atoms with E-state index in [0.717, 1.165) is 35.8 Å². The molecular formula is C21H28N4O4. The Hall–Kier alpha value is -3.16. The van der Waals surface area contributed by atoms with Gasteiger partial charge >= 0.3 is 5.69 Å². The molecule has 156 valence electrons. The second-order valence-electron chi connectivity index (χ2n) is 6.89. The van der Waals surface area contributed by atoms with Gasteiger partial charge in [-0.2, -0.15) is 5.10 Å². The van der Waals surface area contributed by atoms with Crippen molar-refractivity contribution in [2.75, 3.05) is 0 Å². The molecule has 2 aromatic rings. The van der Waals surface area contributed by atoms with Crippen LogP contribution in [-0.2, 0) is 4.79 Å². The summed E-state index contributed by atoms with van der Waals surface area (Å²) in [6.45, 7) is 5.74. The molecule has 0 aliphatic heterocycles. The first-order valence-corrected chi connectivity index (χ1v) is 9.90. The normalized spacial score (nSPS) is 11.5. The zero-order valence-corrected chi connectivity index (χ0v) is 17.1. The number of rotatable bonds is 9. The second-order valence-corrected chi connectivity index (χ2v) is 6.89. The highest BCUT2D eigenvalue weighted by Gasteiger charge is 2.19. The van der Waals surface area contributed by atoms with E-state index in [4.69, 9.17) is 0 Å². The Morgan fingerprint density at radius 3 is 2.45 bits per heavy atom. The Balaban J connectivity index is 2.35. The van der Waals surface area contributed by atoms with Gasteiger partial charge in [0, 0.05) is 6.42 Å². The van der Waals surface area contributed by atoms with E-state index in [2.05, 4.69) is 22.4 Å². The van der Waals surface area contributed by atoms with Gasteiger partial charge < -0.3 is 5.11 Å². The zero-order chi connectivity index (χ0) is 21.4. The average molecular weight is 400 g/mol. The largest absolute Gasteiger partial charge is 0.493 e. The third kappa shape index (κ3) is 5.66. The lowest BCUT2D eigenvalue weighted by atomic mass is 10.1. The van der Waals surface area contributed by atoms with E-state index >= 15 is 0 Å². The molecule has 1 heterocycles. The topological polar surface area (TPSA) is 117 Å². The number of aromatic hydroxyl groups is 1. The van der Waals surface area contributed by atoms with Crippen LogP contribution in [0.25, 0.3) is 5.69 Å². The SMILES string of the molecule is CCCCCCC(=O)N/N=C(\CC)c1c(O)n(-c2ccc(C)cc2)c(=O)[nH]c1=O. The van der Waals surface area contributed by atoms with Gasteiger partial charge in [0.05, 0.1) is 11.4 Å². The lowest BCUT2D eigenvalue weighted by molar-refractivity contribution is -0.121. The van der Waals surface area contributed by atoms with Crippen molar-refractivity contribution >= 4 is 11.6 Å². The number of carbonyl (C=O) groups excluding carboxylic acids is 1. The minimum Gasteiger partial charge on any atom is -0.493 e. The van der Waals surface area contributed by atoms with Crippen molar-refractivity contribution in [3.05, 3.63) is 56.2 Å². The molecule has 0 unspecified atom stereocenters. The third-order valence-electron chi connectivity index (χ3n) is 4.57. The molecule has 0 aliphatic rings. The number of hydrogen-bond donors (Lipinski definition) is 3. The molecule has 8 heteroatoms. The summed E-state index contributed by atoms with van der Waals surface area (Å²) in [5.41, 5.74) is 2.38. The lowest BCUT2D eigenvalue weighted by Crippen LogP contribution is -2.33. The van der Waals surface area contributed by atoms with Crippen molar-refractivity contribution < 1.29 is 9.90 Å². The van der Waals surface area contributed by atoms with Crippen LogP contribution in [0.2, 0.25) is 0 Å². The summed E-state index contributed by atoms with van der Waals surface area (Å²) in [6.07, 6.45) is 4.50. The van der Waals surface area contributed by atoms with Crippen LogP contribution in [0.3, 0.4) is 0 Å². The van der Waals surface area contributed by atoms with Crippen molar-refractivity contribution in [1.29, 1.82) is 0 Å². The maximum Gasteiger partial charge on any atom is 0.335 e. The van der Waals surface area contributed by atoms with Crippen LogP contribution in [0, 0.1) is 6.92 Å². The van der Waals surface area contributed by atoms with E-state index in [1.165, 1.54) is 0 Å². The predicted octanol–water partition coefficient (Wildman–Crippen LogP) is 2.74. The summed E-state index contributed by atoms with van der Waals surface area (Å²) in [5, 5.41) is 14.7. The molecular weight excluding hydrogens is 372 g/mol. The van der Waals surface area contributed by atoms with Crippen LogP contribution < -0.4 is 16.7 Å². The Morgan fingerprint density at radius 2 is 1.83 bits per heavy atom. The number of amides is 1. The van der Waals surface area contributed by atoms with Crippen molar-refractivity contribution in [3.63, 3.8) is 0 Å². The highest BCUT2D eigenvalue weighted by molar-refractivity contribution is 6.02. The van der Waals surface area contributed by atoms with Gasteiger partial charge in [-0.3, -0.25) is 14.6 Å². The van der Waals surface area contributed by atoms with Crippen molar-refractivity contribution in [1.82, 2.24) is 15.0 Å². The van der Waals surface area contributed by atoms with E-state index in [-0.39, 0.29) is 23.6 Å². The molecule has 29 heavy (non-hydrogen) atoms. The monoisotopic (exact) mass is 400 g/mol. The van der Waals surface area contributed by atoms with E-state index in [9.17, 15) is 19.5 Å². The number of benzene rings is 1. The molecule has 1 aromatic heterocycles. The number of hydrazone groups is 1. The quantitative estimate of drug-likeness (QED) is 0.341. The van der Waals surface area contributed by atoms with Gasteiger partial charge in [-0.15, -0.1) is 0 Å². The number of aromatic nitrogens is 2. The smallest absolute Gasteiger partial charge is 0.335 e. The minimum absolute atomic E-state index is 0.140. The molecule has 0 saturated carbocycles. The summed E-state index contributed by atoms with van der Waals surface area (Å²) >= 11 is 0. The molecule has 0 atom stereocenters. The third-order valence-corrected chi connectivity index (χ3v) is 4.57. The number of aromatic amines is 1. The van der Waals surface area contributed by atoms with Crippen LogP contribution in [0.5, 0.6) is 5.88 Å². The van der Waals surface area contributed by atoms with Gasteiger partial charge in [0.25, 0.3) is 5.56 Å². The van der Waals surface area contributed by atoms with Gasteiger partial charge in [0.2, 0.25) is 11.8 Å². The van der Waals surface area contributed by atoms with E-state index in [1.807, 2.05) is 6.92 Å². The van der Waals surface area contributed by atoms with Gasteiger partial charge in [-0.1, -0.05) is 50.8 Å². The van der Waals surface area contributed by atoms with Crippen molar-refractivity contribution in [3.8, 4) is 11.6 Å². The van der Waals surface area contributed by atoms with E-state index in [0.29, 0.717) is 12.1 Å². The number of H-pyrrole nitrogens is 1. The Labute approximate surface area is 169 Å². The number of hydrogen-bond acceptors (Lipinski definition) is 5. The van der Waals surface area contributed by atoms with Crippen molar-refractivity contribution in [2.45, 2.75) is 59.3 Å². The first-order valence-electron chi connectivity index (χ1n) is 9.90. The van der Waals surface area contributed by atoms with Gasteiger partial charge in [-0.25, -0.2) is 14.8 Å². The van der Waals surface area contributed by atoms with E-state index in [1.54, 1.807) is 31.2 Å². The highest BCUT2D eigenvalue weighted by atomic mass is 16.3. The number of nitrogens with one attached hydrogen (secondary N) is 2. The molecule has 8 nitrogen and oxygen atoms in total. The first-order chi connectivity index (χ1) is 13.9. The van der Waals surface area contributed by atoms with Crippen LogP contribution in [-0.4, -0.2) is 26.3 Å². The number of carbonyl (C=O) groups is 1. The van der Waals surface area contributed by atoms with Gasteiger partial charge in [0.15, 0.2) is 0 Å². The molecule has 3 N–H and O–H groups in total. The zero-order valence-electron chi connectivity index (χ0n) is 17.1. The molecule has 0 saturated heterocycles. The molecule has 0 bridgehead atoms. The Bertz CT molecular complexity index is 987. The summed E-state index contributed by atoms with van der Waals surface area (Å²) in [7, 11) is 0. The molecule has 1 aromatic carbocycles.